The van der Waals surface area contributed by atoms with Gasteiger partial charge in [-0.2, -0.15) is 5.10 Å². The first kappa shape index (κ1) is 19.3. The molecule has 0 amide bonds. The summed E-state index contributed by atoms with van der Waals surface area (Å²) in [4.78, 5) is 13.5. The fraction of sp³-hybridized carbons (Fsp3) is 0.143. The van der Waals surface area contributed by atoms with Crippen LogP contribution in [0.4, 0.5) is 0 Å². The normalized spacial score (nSPS) is 11.1. The van der Waals surface area contributed by atoms with Gasteiger partial charge in [0.1, 0.15) is 5.75 Å². The van der Waals surface area contributed by atoms with Crippen LogP contribution in [0.1, 0.15) is 21.6 Å². The van der Waals surface area contributed by atoms with Crippen molar-refractivity contribution < 1.29 is 9.53 Å². The summed E-state index contributed by atoms with van der Waals surface area (Å²) in [5.41, 5.74) is 2.22. The number of halogens is 1. The van der Waals surface area contributed by atoms with Gasteiger partial charge in [-0.3, -0.25) is 9.48 Å². The van der Waals surface area contributed by atoms with Gasteiger partial charge in [-0.25, -0.2) is 0 Å². The molecule has 0 N–H and O–H groups in total. The van der Waals surface area contributed by atoms with Crippen molar-refractivity contribution in [3.05, 3.63) is 82.6 Å². The Balaban J connectivity index is 1.71. The molecule has 0 bridgehead atoms. The van der Waals surface area contributed by atoms with Gasteiger partial charge in [0.15, 0.2) is 5.69 Å². The zero-order chi connectivity index (χ0) is 19.2. The molecule has 0 saturated heterocycles. The van der Waals surface area contributed by atoms with Crippen LogP contribution < -0.4 is 4.74 Å². The highest BCUT2D eigenvalue weighted by Crippen LogP contribution is 2.29. The van der Waals surface area contributed by atoms with Gasteiger partial charge in [-0.15, -0.1) is 11.8 Å². The lowest BCUT2D eigenvalue weighted by atomic mass is 10.1. The molecule has 0 radical (unpaired) electrons. The van der Waals surface area contributed by atoms with E-state index in [1.807, 2.05) is 36.4 Å². The van der Waals surface area contributed by atoms with Gasteiger partial charge >= 0.3 is 0 Å². The van der Waals surface area contributed by atoms with E-state index in [4.69, 9.17) is 16.3 Å². The number of ether oxygens (including phenoxy) is 1. The molecule has 0 aliphatic heterocycles. The Kier molecular flexibility index (Phi) is 6.37. The summed E-state index contributed by atoms with van der Waals surface area (Å²) in [7, 11) is 3.38. The number of aryl methyl sites for hydroxylation is 1. The van der Waals surface area contributed by atoms with Gasteiger partial charge in [-0.05, 0) is 29.8 Å². The monoisotopic (exact) mass is 398 g/mol. The number of allylic oxidation sites excluding steroid dienone is 1. The third kappa shape index (κ3) is 5.02. The molecule has 6 heteroatoms. The van der Waals surface area contributed by atoms with Crippen LogP contribution in [0, 0.1) is 0 Å². The van der Waals surface area contributed by atoms with Crippen LogP contribution >= 0.6 is 23.4 Å². The lowest BCUT2D eigenvalue weighted by molar-refractivity contribution is 0.104. The van der Waals surface area contributed by atoms with Crippen LogP contribution in [0.5, 0.6) is 5.75 Å². The van der Waals surface area contributed by atoms with Crippen LogP contribution in [0.3, 0.4) is 0 Å². The van der Waals surface area contributed by atoms with E-state index >= 15 is 0 Å². The van der Waals surface area contributed by atoms with E-state index in [9.17, 15) is 4.79 Å². The fourth-order valence-electron chi connectivity index (χ4n) is 2.54. The average Bonchev–Trinajstić information content (AvgIpc) is 3.03. The quantitative estimate of drug-likeness (QED) is 0.309. The zero-order valence-electron chi connectivity index (χ0n) is 15.1. The molecule has 0 saturated carbocycles. The lowest BCUT2D eigenvalue weighted by Gasteiger charge is -2.09. The molecule has 138 valence electrons. The van der Waals surface area contributed by atoms with Gasteiger partial charge in [0.05, 0.1) is 12.1 Å². The van der Waals surface area contributed by atoms with E-state index in [2.05, 4.69) is 17.2 Å². The molecule has 0 fully saturated rings. The maximum atomic E-state index is 12.3. The molecule has 0 spiro atoms. The highest BCUT2D eigenvalue weighted by atomic mass is 35.5. The first-order chi connectivity index (χ1) is 13.1. The molecule has 2 aromatic carbocycles. The van der Waals surface area contributed by atoms with Crippen LogP contribution in [0.15, 0.2) is 65.7 Å². The largest absolute Gasteiger partial charge is 0.496 e. The standard InChI is InChI=1S/C21H19ClN2O2S/c1-24-13-18(22)21(23-24)19(25)11-9-15-8-10-16(20(12-15)26-2)14-27-17-6-4-3-5-7-17/h3-13H,14H2,1-2H3/b11-9+. The van der Waals surface area contributed by atoms with E-state index in [0.717, 1.165) is 22.6 Å². The number of carbonyl (C=O) groups excluding carboxylic acids is 1. The number of methoxy groups -OCH3 is 1. The van der Waals surface area contributed by atoms with Gasteiger partial charge in [0, 0.05) is 29.5 Å². The maximum Gasteiger partial charge on any atom is 0.207 e. The first-order valence-corrected chi connectivity index (χ1v) is 9.69. The topological polar surface area (TPSA) is 44.1 Å². The maximum absolute atomic E-state index is 12.3. The minimum absolute atomic E-state index is 0.233. The summed E-state index contributed by atoms with van der Waals surface area (Å²) >= 11 is 7.77. The molecule has 3 aromatic rings. The Hall–Kier alpha value is -2.50. The Bertz CT molecular complexity index is 968. The van der Waals surface area contributed by atoms with Gasteiger partial charge in [0.25, 0.3) is 0 Å². The number of thioether (sulfide) groups is 1. The second-order valence-corrected chi connectivity index (χ2v) is 7.33. The number of hydrogen-bond donors (Lipinski definition) is 0. The molecular weight excluding hydrogens is 380 g/mol. The van der Waals surface area contributed by atoms with Crippen molar-refractivity contribution in [3.8, 4) is 5.75 Å². The molecule has 27 heavy (non-hydrogen) atoms. The number of ketones is 1. The fourth-order valence-corrected chi connectivity index (χ4v) is 3.72. The third-order valence-electron chi connectivity index (χ3n) is 3.89. The van der Waals surface area contributed by atoms with Crippen LogP contribution in [-0.2, 0) is 12.8 Å². The second kappa shape index (κ2) is 8.93. The SMILES string of the molecule is COc1cc(/C=C/C(=O)c2nn(C)cc2Cl)ccc1CSc1ccccc1. The third-order valence-corrected chi connectivity index (χ3v) is 5.23. The van der Waals surface area contributed by atoms with Gasteiger partial charge < -0.3 is 4.74 Å². The zero-order valence-corrected chi connectivity index (χ0v) is 16.6. The van der Waals surface area contributed by atoms with Crippen molar-refractivity contribution >= 4 is 35.2 Å². The van der Waals surface area contributed by atoms with E-state index < -0.39 is 0 Å². The van der Waals surface area contributed by atoms with Crippen LogP contribution in [-0.4, -0.2) is 22.7 Å². The minimum Gasteiger partial charge on any atom is -0.496 e. The Morgan fingerprint density at radius 2 is 2.04 bits per heavy atom. The lowest BCUT2D eigenvalue weighted by Crippen LogP contribution is -1.98. The van der Waals surface area contributed by atoms with E-state index in [-0.39, 0.29) is 11.5 Å². The smallest absolute Gasteiger partial charge is 0.207 e. The summed E-state index contributed by atoms with van der Waals surface area (Å²) in [6.07, 6.45) is 4.82. The molecule has 3 rings (SSSR count). The summed E-state index contributed by atoms with van der Waals surface area (Å²) in [6.45, 7) is 0. The second-order valence-electron chi connectivity index (χ2n) is 5.87. The molecule has 1 aromatic heterocycles. The predicted molar refractivity (Wildman–Crippen MR) is 111 cm³/mol. The molecular formula is C21H19ClN2O2S. The number of aromatic nitrogens is 2. The summed E-state index contributed by atoms with van der Waals surface area (Å²) in [6, 6.07) is 16.1. The van der Waals surface area contributed by atoms with E-state index in [0.29, 0.717) is 5.02 Å². The van der Waals surface area contributed by atoms with Gasteiger partial charge in [0.2, 0.25) is 5.78 Å². The van der Waals surface area contributed by atoms with Crippen molar-refractivity contribution in [1.82, 2.24) is 9.78 Å². The van der Waals surface area contributed by atoms with Crippen LogP contribution in [0.2, 0.25) is 5.02 Å². The molecule has 4 nitrogen and oxygen atoms in total. The Labute approximate surface area is 167 Å². The van der Waals surface area contributed by atoms with Crippen molar-refractivity contribution in [2.24, 2.45) is 7.05 Å². The Morgan fingerprint density at radius 3 is 2.70 bits per heavy atom. The highest BCUT2D eigenvalue weighted by Gasteiger charge is 2.12. The van der Waals surface area contributed by atoms with Crippen LogP contribution in [0.25, 0.3) is 6.08 Å². The average molecular weight is 399 g/mol. The van der Waals surface area contributed by atoms with Crippen molar-refractivity contribution in [2.45, 2.75) is 10.6 Å². The highest BCUT2D eigenvalue weighted by molar-refractivity contribution is 7.98. The molecule has 0 unspecified atom stereocenters. The predicted octanol–water partition coefficient (Wildman–Crippen LogP) is 5.27. The summed E-state index contributed by atoms with van der Waals surface area (Å²) in [5.74, 6) is 1.37. The van der Waals surface area contributed by atoms with Gasteiger partial charge in [-0.1, -0.05) is 48.0 Å². The van der Waals surface area contributed by atoms with E-state index in [1.165, 1.54) is 15.7 Å². The molecule has 0 aliphatic rings. The number of benzene rings is 2. The first-order valence-electron chi connectivity index (χ1n) is 8.33. The molecule has 1 heterocycles. The van der Waals surface area contributed by atoms with Crippen molar-refractivity contribution in [2.75, 3.05) is 7.11 Å². The number of nitrogens with zero attached hydrogens (tertiary/aromatic N) is 2. The van der Waals surface area contributed by atoms with E-state index in [1.54, 1.807) is 38.2 Å². The van der Waals surface area contributed by atoms with Crippen molar-refractivity contribution in [3.63, 3.8) is 0 Å². The summed E-state index contributed by atoms with van der Waals surface area (Å²) in [5, 5.41) is 4.43. The Morgan fingerprint density at radius 1 is 1.26 bits per heavy atom. The minimum atomic E-state index is -0.233. The molecule has 0 aliphatic carbocycles. The number of carbonyl (C=O) groups is 1. The molecule has 0 atom stereocenters. The summed E-state index contributed by atoms with van der Waals surface area (Å²) < 4.78 is 7.04. The van der Waals surface area contributed by atoms with Crippen molar-refractivity contribution in [1.29, 1.82) is 0 Å². The number of hydrogen-bond acceptors (Lipinski definition) is 4. The number of rotatable bonds is 7.